The van der Waals surface area contributed by atoms with E-state index in [1.807, 2.05) is 13.8 Å². The van der Waals surface area contributed by atoms with Crippen LogP contribution in [0.25, 0.3) is 0 Å². The molecule has 1 unspecified atom stereocenters. The fourth-order valence-electron chi connectivity index (χ4n) is 2.55. The zero-order valence-corrected chi connectivity index (χ0v) is 13.6. The average molecular weight is 288 g/mol. The van der Waals surface area contributed by atoms with Crippen molar-refractivity contribution in [3.05, 3.63) is 0 Å². The van der Waals surface area contributed by atoms with Gasteiger partial charge in [-0.05, 0) is 27.2 Å². The second kappa shape index (κ2) is 11.1. The van der Waals surface area contributed by atoms with E-state index in [2.05, 4.69) is 6.92 Å². The Hall–Kier alpha value is -0.610. The van der Waals surface area contributed by atoms with Crippen molar-refractivity contribution in [1.82, 2.24) is 0 Å². The van der Waals surface area contributed by atoms with Crippen molar-refractivity contribution in [2.45, 2.75) is 78.4 Å². The zero-order valence-electron chi connectivity index (χ0n) is 13.6. The highest BCUT2D eigenvalue weighted by molar-refractivity contribution is 5.71. The molecule has 0 rings (SSSR count). The van der Waals surface area contributed by atoms with E-state index in [1.165, 1.54) is 25.7 Å². The van der Waals surface area contributed by atoms with Gasteiger partial charge >= 0.3 is 5.97 Å². The molecule has 20 heavy (non-hydrogen) atoms. The Morgan fingerprint density at radius 1 is 1.00 bits per heavy atom. The quantitative estimate of drug-likeness (QED) is 0.407. The van der Waals surface area contributed by atoms with Crippen LogP contribution in [-0.2, 0) is 14.3 Å². The van der Waals surface area contributed by atoms with Crippen LogP contribution in [0.5, 0.6) is 0 Å². The molecule has 0 fully saturated rings. The van der Waals surface area contributed by atoms with E-state index in [0.717, 1.165) is 12.8 Å². The summed E-state index contributed by atoms with van der Waals surface area (Å²) in [6.07, 6.45) is 7.51. The maximum atomic E-state index is 11.5. The highest BCUT2D eigenvalue weighted by Crippen LogP contribution is 2.29. The van der Waals surface area contributed by atoms with Crippen molar-refractivity contribution in [2.75, 3.05) is 13.2 Å². The standard InChI is InChI=1S/C16H32O4/c1-5-8-9-10-11-12-13-14(15(17)18)16(4,19-6-2)20-7-3/h14H,5-13H2,1-4H3,(H,17,18). The lowest BCUT2D eigenvalue weighted by Gasteiger charge is -2.34. The molecular weight excluding hydrogens is 256 g/mol. The second-order valence-electron chi connectivity index (χ2n) is 5.33. The second-order valence-corrected chi connectivity index (χ2v) is 5.33. The van der Waals surface area contributed by atoms with Crippen molar-refractivity contribution >= 4 is 5.97 Å². The van der Waals surface area contributed by atoms with Crippen LogP contribution in [0.2, 0.25) is 0 Å². The van der Waals surface area contributed by atoms with Gasteiger partial charge in [0, 0.05) is 13.2 Å². The number of ether oxygens (including phenoxy) is 2. The smallest absolute Gasteiger partial charge is 0.311 e. The first-order valence-corrected chi connectivity index (χ1v) is 8.02. The minimum absolute atomic E-state index is 0.455. The SMILES string of the molecule is CCCCCCCCC(C(=O)O)C(C)(OCC)OCC. The van der Waals surface area contributed by atoms with Gasteiger partial charge in [-0.25, -0.2) is 0 Å². The topological polar surface area (TPSA) is 55.8 Å². The molecule has 120 valence electrons. The summed E-state index contributed by atoms with van der Waals surface area (Å²) in [5, 5.41) is 9.44. The summed E-state index contributed by atoms with van der Waals surface area (Å²) in [6, 6.07) is 0. The van der Waals surface area contributed by atoms with Gasteiger partial charge in [-0.2, -0.15) is 0 Å². The van der Waals surface area contributed by atoms with Crippen LogP contribution in [-0.4, -0.2) is 30.1 Å². The Balaban J connectivity index is 4.35. The molecule has 1 atom stereocenters. The van der Waals surface area contributed by atoms with E-state index in [4.69, 9.17) is 9.47 Å². The first-order chi connectivity index (χ1) is 9.51. The maximum Gasteiger partial charge on any atom is 0.311 e. The van der Waals surface area contributed by atoms with Crippen molar-refractivity contribution in [3.63, 3.8) is 0 Å². The van der Waals surface area contributed by atoms with Crippen molar-refractivity contribution < 1.29 is 19.4 Å². The van der Waals surface area contributed by atoms with Crippen molar-refractivity contribution in [1.29, 1.82) is 0 Å². The summed E-state index contributed by atoms with van der Waals surface area (Å²) in [4.78, 5) is 11.5. The summed E-state index contributed by atoms with van der Waals surface area (Å²) < 4.78 is 11.2. The Labute approximate surface area is 123 Å². The van der Waals surface area contributed by atoms with Crippen molar-refractivity contribution in [2.24, 2.45) is 5.92 Å². The van der Waals surface area contributed by atoms with Crippen molar-refractivity contribution in [3.8, 4) is 0 Å². The summed E-state index contributed by atoms with van der Waals surface area (Å²) in [5.41, 5.74) is 0. The number of carboxylic acid groups (broad SMARTS) is 1. The van der Waals surface area contributed by atoms with Gasteiger partial charge in [-0.3, -0.25) is 4.79 Å². The van der Waals surface area contributed by atoms with Crippen LogP contribution in [0.15, 0.2) is 0 Å². The van der Waals surface area contributed by atoms with Gasteiger partial charge in [0.1, 0.15) is 5.92 Å². The minimum atomic E-state index is -1.02. The number of carbonyl (C=O) groups is 1. The van der Waals surface area contributed by atoms with Crippen LogP contribution >= 0.6 is 0 Å². The molecule has 0 amide bonds. The maximum absolute atomic E-state index is 11.5. The monoisotopic (exact) mass is 288 g/mol. The minimum Gasteiger partial charge on any atom is -0.481 e. The summed E-state index contributed by atoms with van der Waals surface area (Å²) in [7, 11) is 0. The summed E-state index contributed by atoms with van der Waals surface area (Å²) >= 11 is 0. The molecule has 0 saturated carbocycles. The highest BCUT2D eigenvalue weighted by Gasteiger charge is 2.40. The van der Waals surface area contributed by atoms with Gasteiger partial charge in [-0.1, -0.05) is 45.4 Å². The Morgan fingerprint density at radius 3 is 1.95 bits per heavy atom. The molecule has 0 spiro atoms. The molecule has 0 aromatic carbocycles. The van der Waals surface area contributed by atoms with Gasteiger partial charge in [0.25, 0.3) is 0 Å². The molecule has 0 saturated heterocycles. The van der Waals surface area contributed by atoms with Crippen LogP contribution in [0.4, 0.5) is 0 Å². The summed E-state index contributed by atoms with van der Waals surface area (Å²) in [5.74, 6) is -2.45. The number of unbranched alkanes of at least 4 members (excludes halogenated alkanes) is 5. The normalized spacial score (nSPS) is 13.4. The fraction of sp³-hybridized carbons (Fsp3) is 0.938. The van der Waals surface area contributed by atoms with E-state index in [-0.39, 0.29) is 0 Å². The lowest BCUT2D eigenvalue weighted by molar-refractivity contribution is -0.253. The largest absolute Gasteiger partial charge is 0.481 e. The lowest BCUT2D eigenvalue weighted by atomic mass is 9.92. The molecule has 0 aromatic rings. The fourth-order valence-corrected chi connectivity index (χ4v) is 2.55. The number of aliphatic carboxylic acids is 1. The first kappa shape index (κ1) is 19.4. The van der Waals surface area contributed by atoms with E-state index in [9.17, 15) is 9.90 Å². The summed E-state index contributed by atoms with van der Waals surface area (Å²) in [6.45, 7) is 8.57. The predicted octanol–water partition coefficient (Wildman–Crippen LogP) is 4.23. The van der Waals surface area contributed by atoms with Gasteiger partial charge in [-0.15, -0.1) is 0 Å². The predicted molar refractivity (Wildman–Crippen MR) is 80.8 cm³/mol. The number of rotatable bonds is 13. The van der Waals surface area contributed by atoms with Crippen LogP contribution in [0, 0.1) is 5.92 Å². The third-order valence-corrected chi connectivity index (χ3v) is 3.64. The Bertz CT molecular complexity index is 247. The molecule has 4 nitrogen and oxygen atoms in total. The molecule has 0 bridgehead atoms. The molecule has 4 heteroatoms. The van der Waals surface area contributed by atoms with Gasteiger partial charge in [0.2, 0.25) is 0 Å². The number of hydrogen-bond acceptors (Lipinski definition) is 3. The number of hydrogen-bond donors (Lipinski definition) is 1. The third-order valence-electron chi connectivity index (χ3n) is 3.64. The van der Waals surface area contributed by atoms with E-state index in [0.29, 0.717) is 19.6 Å². The molecule has 0 radical (unpaired) electrons. The number of carboxylic acids is 1. The highest BCUT2D eigenvalue weighted by atomic mass is 16.7. The van der Waals surface area contributed by atoms with Gasteiger partial charge < -0.3 is 14.6 Å². The lowest BCUT2D eigenvalue weighted by Crippen LogP contribution is -2.45. The molecule has 0 aromatic heterocycles. The first-order valence-electron chi connectivity index (χ1n) is 8.02. The Kier molecular flexibility index (Phi) is 10.8. The molecular formula is C16H32O4. The van der Waals surface area contributed by atoms with E-state index >= 15 is 0 Å². The molecule has 0 heterocycles. The van der Waals surface area contributed by atoms with Crippen LogP contribution < -0.4 is 0 Å². The van der Waals surface area contributed by atoms with E-state index in [1.54, 1.807) is 6.92 Å². The molecule has 1 N–H and O–H groups in total. The average Bonchev–Trinajstić information content (AvgIpc) is 2.37. The van der Waals surface area contributed by atoms with Gasteiger partial charge in [0.05, 0.1) is 0 Å². The Morgan fingerprint density at radius 2 is 1.50 bits per heavy atom. The van der Waals surface area contributed by atoms with Gasteiger partial charge in [0.15, 0.2) is 5.79 Å². The molecule has 0 aliphatic heterocycles. The third kappa shape index (κ3) is 7.25. The zero-order chi connectivity index (χ0) is 15.4. The van der Waals surface area contributed by atoms with Crippen LogP contribution in [0.1, 0.15) is 72.6 Å². The van der Waals surface area contributed by atoms with Crippen LogP contribution in [0.3, 0.4) is 0 Å². The molecule has 0 aliphatic rings. The molecule has 0 aliphatic carbocycles. The van der Waals surface area contributed by atoms with E-state index < -0.39 is 17.7 Å².